The van der Waals surface area contributed by atoms with Gasteiger partial charge in [0.1, 0.15) is 5.82 Å². The molecule has 5 nitrogen and oxygen atoms in total. The fourth-order valence-corrected chi connectivity index (χ4v) is 1.74. The van der Waals surface area contributed by atoms with Crippen LogP contribution in [0.15, 0.2) is 35.1 Å². The lowest BCUT2D eigenvalue weighted by molar-refractivity contribution is -0.111. The summed E-state index contributed by atoms with van der Waals surface area (Å²) < 4.78 is 0. The Morgan fingerprint density at radius 2 is 2.10 bits per heavy atom. The predicted molar refractivity (Wildman–Crippen MR) is 87.6 cm³/mol. The van der Waals surface area contributed by atoms with E-state index in [2.05, 4.69) is 20.6 Å². The highest BCUT2D eigenvalue weighted by atomic mass is 16.1. The van der Waals surface area contributed by atoms with Crippen molar-refractivity contribution >= 4 is 17.4 Å². The molecule has 114 valence electrons. The minimum Gasteiger partial charge on any atom is -0.373 e. The van der Waals surface area contributed by atoms with Gasteiger partial charge in [0.05, 0.1) is 6.04 Å². The highest BCUT2D eigenvalue weighted by Gasteiger charge is 2.08. The number of Topliss-reactive ketones (excluding diaryl/α,β-unsaturated/α-hetero) is 1. The molecule has 0 bridgehead atoms. The molecule has 1 aromatic heterocycles. The topological polar surface area (TPSA) is 66.4 Å². The van der Waals surface area contributed by atoms with Crippen LogP contribution in [0.4, 0.5) is 5.82 Å². The van der Waals surface area contributed by atoms with Gasteiger partial charge in [-0.15, -0.1) is 0 Å². The number of hydrogen-bond donors (Lipinski definition) is 2. The first-order chi connectivity index (χ1) is 9.92. The number of ketones is 1. The van der Waals surface area contributed by atoms with Crippen LogP contribution in [0.1, 0.15) is 33.3 Å². The van der Waals surface area contributed by atoms with E-state index in [0.29, 0.717) is 5.84 Å². The number of aliphatic imine (C=N–C) groups is 1. The third kappa shape index (κ3) is 6.21. The number of anilines is 1. The molecule has 0 aromatic carbocycles. The van der Waals surface area contributed by atoms with E-state index in [0.717, 1.165) is 23.4 Å². The summed E-state index contributed by atoms with van der Waals surface area (Å²) in [6.07, 6.45) is 4.36. The SMILES string of the molecule is CNc1ccc(CC(C)N=C(NC=C(C)C)C(C)=O)cn1. The number of pyridine rings is 1. The Bertz CT molecular complexity index is 528. The second kappa shape index (κ2) is 8.19. The van der Waals surface area contributed by atoms with Crippen molar-refractivity contribution in [3.8, 4) is 0 Å². The molecule has 0 fully saturated rings. The summed E-state index contributed by atoms with van der Waals surface area (Å²) in [4.78, 5) is 20.3. The van der Waals surface area contributed by atoms with Gasteiger partial charge in [-0.2, -0.15) is 0 Å². The van der Waals surface area contributed by atoms with Crippen molar-refractivity contribution in [2.24, 2.45) is 4.99 Å². The van der Waals surface area contributed by atoms with Crippen LogP contribution >= 0.6 is 0 Å². The van der Waals surface area contributed by atoms with Crippen LogP contribution in [0.2, 0.25) is 0 Å². The van der Waals surface area contributed by atoms with E-state index in [-0.39, 0.29) is 11.8 Å². The number of nitrogens with zero attached hydrogens (tertiary/aromatic N) is 2. The smallest absolute Gasteiger partial charge is 0.194 e. The number of allylic oxidation sites excluding steroid dienone is 1. The highest BCUT2D eigenvalue weighted by Crippen LogP contribution is 2.08. The monoisotopic (exact) mass is 288 g/mol. The molecule has 0 amide bonds. The van der Waals surface area contributed by atoms with Crippen LogP contribution in [-0.4, -0.2) is 29.7 Å². The second-order valence-corrected chi connectivity index (χ2v) is 5.25. The number of aromatic nitrogens is 1. The van der Waals surface area contributed by atoms with Crippen LogP contribution in [0.5, 0.6) is 0 Å². The number of rotatable bonds is 6. The van der Waals surface area contributed by atoms with E-state index in [1.165, 1.54) is 6.92 Å². The number of carbonyl (C=O) groups excluding carboxylic acids is 1. The minimum absolute atomic E-state index is 0.00389. The van der Waals surface area contributed by atoms with E-state index >= 15 is 0 Å². The third-order valence-corrected chi connectivity index (χ3v) is 2.79. The van der Waals surface area contributed by atoms with Gasteiger partial charge in [0, 0.05) is 26.4 Å². The molecule has 0 aliphatic heterocycles. The maximum atomic E-state index is 11.6. The van der Waals surface area contributed by atoms with Crippen molar-refractivity contribution in [1.82, 2.24) is 10.3 Å². The Morgan fingerprint density at radius 3 is 2.57 bits per heavy atom. The summed E-state index contributed by atoms with van der Waals surface area (Å²) in [6, 6.07) is 3.95. The van der Waals surface area contributed by atoms with Gasteiger partial charge < -0.3 is 10.6 Å². The van der Waals surface area contributed by atoms with Gasteiger partial charge in [-0.25, -0.2) is 4.98 Å². The standard InChI is InChI=1S/C16H24N4O/c1-11(2)9-19-16(13(4)21)20-12(3)8-14-6-7-15(17-5)18-10-14/h6-7,9-10,12H,8H2,1-5H3,(H,17,18)(H,19,20). The summed E-state index contributed by atoms with van der Waals surface area (Å²) >= 11 is 0. The molecule has 5 heteroatoms. The van der Waals surface area contributed by atoms with E-state index in [1.807, 2.05) is 46.1 Å². The first-order valence-electron chi connectivity index (χ1n) is 7.03. The molecule has 0 saturated heterocycles. The quantitative estimate of drug-likeness (QED) is 0.623. The van der Waals surface area contributed by atoms with Crippen LogP contribution in [0, 0.1) is 0 Å². The normalized spacial score (nSPS) is 12.5. The minimum atomic E-state index is -0.0667. The Labute approximate surface area is 126 Å². The summed E-state index contributed by atoms with van der Waals surface area (Å²) in [6.45, 7) is 7.42. The largest absolute Gasteiger partial charge is 0.373 e. The van der Waals surface area contributed by atoms with Crippen LogP contribution < -0.4 is 10.6 Å². The second-order valence-electron chi connectivity index (χ2n) is 5.25. The maximum absolute atomic E-state index is 11.6. The van der Waals surface area contributed by atoms with E-state index in [4.69, 9.17) is 0 Å². The molecular weight excluding hydrogens is 264 g/mol. The Hall–Kier alpha value is -2.17. The van der Waals surface area contributed by atoms with Crippen molar-refractivity contribution in [1.29, 1.82) is 0 Å². The number of carbonyl (C=O) groups is 1. The molecule has 1 unspecified atom stereocenters. The maximum Gasteiger partial charge on any atom is 0.194 e. The average molecular weight is 288 g/mol. The third-order valence-electron chi connectivity index (χ3n) is 2.79. The number of amidine groups is 1. The molecule has 21 heavy (non-hydrogen) atoms. The van der Waals surface area contributed by atoms with Crippen LogP contribution in [-0.2, 0) is 11.2 Å². The van der Waals surface area contributed by atoms with Crippen molar-refractivity contribution in [2.75, 3.05) is 12.4 Å². The van der Waals surface area contributed by atoms with Crippen LogP contribution in [0.25, 0.3) is 0 Å². The Balaban J connectivity index is 2.74. The van der Waals surface area contributed by atoms with Crippen molar-refractivity contribution in [2.45, 2.75) is 40.2 Å². The van der Waals surface area contributed by atoms with Gasteiger partial charge in [0.15, 0.2) is 11.6 Å². The van der Waals surface area contributed by atoms with Crippen molar-refractivity contribution < 1.29 is 4.79 Å². The fraction of sp³-hybridized carbons (Fsp3) is 0.438. The summed E-state index contributed by atoms with van der Waals surface area (Å²) in [7, 11) is 1.84. The Kier molecular flexibility index (Phi) is 6.59. The van der Waals surface area contributed by atoms with E-state index in [9.17, 15) is 4.79 Å². The number of nitrogens with one attached hydrogen (secondary N) is 2. The number of hydrogen-bond acceptors (Lipinski definition) is 4. The van der Waals surface area contributed by atoms with Gasteiger partial charge in [-0.3, -0.25) is 9.79 Å². The molecule has 2 N–H and O–H groups in total. The molecule has 1 heterocycles. The van der Waals surface area contributed by atoms with Crippen molar-refractivity contribution in [3.63, 3.8) is 0 Å². The molecule has 1 atom stereocenters. The van der Waals surface area contributed by atoms with Crippen molar-refractivity contribution in [3.05, 3.63) is 35.7 Å². The van der Waals surface area contributed by atoms with E-state index < -0.39 is 0 Å². The molecule has 1 aromatic rings. The van der Waals surface area contributed by atoms with E-state index in [1.54, 1.807) is 6.20 Å². The molecule has 0 aliphatic carbocycles. The Morgan fingerprint density at radius 1 is 1.38 bits per heavy atom. The van der Waals surface area contributed by atoms with Gasteiger partial charge in [0.25, 0.3) is 0 Å². The zero-order valence-electron chi connectivity index (χ0n) is 13.4. The molecule has 0 spiro atoms. The lowest BCUT2D eigenvalue weighted by atomic mass is 10.1. The lowest BCUT2D eigenvalue weighted by Gasteiger charge is -2.10. The highest BCUT2D eigenvalue weighted by molar-refractivity contribution is 6.38. The molecule has 0 saturated carbocycles. The average Bonchev–Trinajstić information content (AvgIpc) is 2.43. The molecule has 0 aliphatic rings. The van der Waals surface area contributed by atoms with Gasteiger partial charge in [-0.1, -0.05) is 11.6 Å². The first kappa shape index (κ1) is 16.9. The van der Waals surface area contributed by atoms with Gasteiger partial charge in [0.2, 0.25) is 0 Å². The molecule has 0 radical (unpaired) electrons. The molecule has 1 rings (SSSR count). The summed E-state index contributed by atoms with van der Waals surface area (Å²) in [5.41, 5.74) is 2.18. The summed E-state index contributed by atoms with van der Waals surface area (Å²) in [5.74, 6) is 1.16. The first-order valence-corrected chi connectivity index (χ1v) is 7.03. The summed E-state index contributed by atoms with van der Waals surface area (Å²) in [5, 5.41) is 5.95. The van der Waals surface area contributed by atoms with Crippen LogP contribution in [0.3, 0.4) is 0 Å². The zero-order valence-corrected chi connectivity index (χ0v) is 13.4. The fourth-order valence-electron chi connectivity index (χ4n) is 1.74. The molecular formula is C16H24N4O. The predicted octanol–water partition coefficient (Wildman–Crippen LogP) is 2.56. The zero-order chi connectivity index (χ0) is 15.8. The lowest BCUT2D eigenvalue weighted by Crippen LogP contribution is -2.27. The van der Waals surface area contributed by atoms with Gasteiger partial charge >= 0.3 is 0 Å². The van der Waals surface area contributed by atoms with Gasteiger partial charge in [-0.05, 0) is 38.8 Å².